The van der Waals surface area contributed by atoms with E-state index in [1.54, 1.807) is 11.8 Å². The Morgan fingerprint density at radius 2 is 2.29 bits per heavy atom. The van der Waals surface area contributed by atoms with Crippen LogP contribution in [-0.2, 0) is 6.61 Å². The Hall–Kier alpha value is -0.980. The smallest absolute Gasteiger partial charge is 0.0682 e. The first-order chi connectivity index (χ1) is 6.86. The van der Waals surface area contributed by atoms with Gasteiger partial charge in [0.2, 0.25) is 0 Å². The van der Waals surface area contributed by atoms with E-state index >= 15 is 0 Å². The first-order valence-corrected chi connectivity index (χ1v) is 5.55. The molecule has 0 saturated carbocycles. The van der Waals surface area contributed by atoms with Gasteiger partial charge in [-0.15, -0.1) is 11.8 Å². The van der Waals surface area contributed by atoms with E-state index in [1.165, 1.54) is 0 Å². The van der Waals surface area contributed by atoms with Gasteiger partial charge in [-0.2, -0.15) is 5.26 Å². The predicted octanol–water partition coefficient (Wildman–Crippen LogP) is 2.57. The van der Waals surface area contributed by atoms with Crippen molar-refractivity contribution in [3.8, 4) is 6.07 Å². The van der Waals surface area contributed by atoms with E-state index in [1.807, 2.05) is 24.3 Å². The molecule has 0 heterocycles. The fraction of sp³-hybridized carbons (Fsp3) is 0.364. The van der Waals surface area contributed by atoms with Crippen molar-refractivity contribution in [3.63, 3.8) is 0 Å². The Kier molecular flexibility index (Phi) is 5.13. The van der Waals surface area contributed by atoms with Crippen LogP contribution in [0.15, 0.2) is 29.2 Å². The molecule has 0 atom stereocenters. The Morgan fingerprint density at radius 1 is 1.43 bits per heavy atom. The normalized spacial score (nSPS) is 9.71. The number of unbranched alkanes of at least 4 members (excludes halogenated alkanes) is 1. The van der Waals surface area contributed by atoms with Gasteiger partial charge in [0, 0.05) is 11.3 Å². The van der Waals surface area contributed by atoms with Crippen LogP contribution in [0.25, 0.3) is 0 Å². The maximum absolute atomic E-state index is 8.92. The second kappa shape index (κ2) is 6.47. The minimum Gasteiger partial charge on any atom is -0.392 e. The summed E-state index contributed by atoms with van der Waals surface area (Å²) in [6, 6.07) is 9.98. The molecule has 0 bridgehead atoms. The van der Waals surface area contributed by atoms with Crippen LogP contribution in [0, 0.1) is 11.3 Å². The molecule has 0 amide bonds. The van der Waals surface area contributed by atoms with E-state index in [-0.39, 0.29) is 6.61 Å². The molecule has 0 spiro atoms. The van der Waals surface area contributed by atoms with Crippen LogP contribution in [0.4, 0.5) is 0 Å². The summed E-state index contributed by atoms with van der Waals surface area (Å²) in [5, 5.41) is 17.3. The highest BCUT2D eigenvalue weighted by Gasteiger charge is 1.95. The molecule has 2 nitrogen and oxygen atoms in total. The van der Waals surface area contributed by atoms with Gasteiger partial charge in [-0.1, -0.05) is 12.1 Å². The summed E-state index contributed by atoms with van der Waals surface area (Å²) in [7, 11) is 0. The van der Waals surface area contributed by atoms with Crippen molar-refractivity contribution >= 4 is 11.8 Å². The van der Waals surface area contributed by atoms with E-state index in [2.05, 4.69) is 6.07 Å². The summed E-state index contributed by atoms with van der Waals surface area (Å²) >= 11 is 1.73. The highest BCUT2D eigenvalue weighted by Crippen LogP contribution is 2.20. The maximum atomic E-state index is 8.92. The number of nitrogens with zero attached hydrogens (tertiary/aromatic N) is 1. The lowest BCUT2D eigenvalue weighted by Crippen LogP contribution is -1.84. The maximum Gasteiger partial charge on any atom is 0.0682 e. The molecule has 0 fully saturated rings. The molecule has 74 valence electrons. The fourth-order valence-corrected chi connectivity index (χ4v) is 2.01. The molecule has 0 aliphatic rings. The molecule has 14 heavy (non-hydrogen) atoms. The van der Waals surface area contributed by atoms with Crippen molar-refractivity contribution < 1.29 is 5.11 Å². The van der Waals surface area contributed by atoms with Crippen LogP contribution in [0.2, 0.25) is 0 Å². The summed E-state index contributed by atoms with van der Waals surface area (Å²) in [6.07, 6.45) is 1.54. The summed E-state index contributed by atoms with van der Waals surface area (Å²) in [5.41, 5.74) is 0.940. The average Bonchev–Trinajstić information content (AvgIpc) is 2.25. The molecule has 1 N–H and O–H groups in total. The largest absolute Gasteiger partial charge is 0.392 e. The number of hydrogen-bond acceptors (Lipinski definition) is 3. The highest BCUT2D eigenvalue weighted by molar-refractivity contribution is 7.99. The van der Waals surface area contributed by atoms with Gasteiger partial charge in [0.05, 0.1) is 12.7 Å². The lowest BCUT2D eigenvalue weighted by Gasteiger charge is -2.01. The standard InChI is InChI=1S/C11H13NOS/c12-6-1-2-7-14-11-5-3-4-10(8-11)9-13/h3-5,8,13H,1-2,7,9H2. The molecule has 1 aromatic carbocycles. The molecular formula is C11H13NOS. The molecule has 0 unspecified atom stereocenters. The molecular weight excluding hydrogens is 194 g/mol. The minimum atomic E-state index is 0.0899. The zero-order chi connectivity index (χ0) is 10.2. The Bertz CT molecular complexity index is 319. The second-order valence-corrected chi connectivity index (χ2v) is 4.08. The number of aliphatic hydroxyl groups is 1. The Labute approximate surface area is 88.6 Å². The number of aliphatic hydroxyl groups excluding tert-OH is 1. The molecule has 0 aromatic heterocycles. The van der Waals surface area contributed by atoms with Crippen molar-refractivity contribution in [1.29, 1.82) is 5.26 Å². The number of nitriles is 1. The Balaban J connectivity index is 2.39. The van der Waals surface area contributed by atoms with Gasteiger partial charge in [0.25, 0.3) is 0 Å². The third-order valence-corrected chi connectivity index (χ3v) is 2.86. The van der Waals surface area contributed by atoms with Crippen LogP contribution in [0.1, 0.15) is 18.4 Å². The molecule has 0 aliphatic carbocycles. The molecule has 1 rings (SSSR count). The number of thioether (sulfide) groups is 1. The third kappa shape index (κ3) is 3.82. The lowest BCUT2D eigenvalue weighted by molar-refractivity contribution is 0.281. The Morgan fingerprint density at radius 3 is 3.00 bits per heavy atom. The number of hydrogen-bond donors (Lipinski definition) is 1. The lowest BCUT2D eigenvalue weighted by atomic mass is 10.2. The SMILES string of the molecule is N#CCCCSc1cccc(CO)c1. The highest BCUT2D eigenvalue weighted by atomic mass is 32.2. The summed E-state index contributed by atoms with van der Waals surface area (Å²) in [5.74, 6) is 0.961. The molecule has 0 aliphatic heterocycles. The molecule has 1 aromatic rings. The average molecular weight is 207 g/mol. The molecule has 0 radical (unpaired) electrons. The van der Waals surface area contributed by atoms with Crippen LogP contribution in [-0.4, -0.2) is 10.9 Å². The van der Waals surface area contributed by atoms with Crippen molar-refractivity contribution in [2.24, 2.45) is 0 Å². The van der Waals surface area contributed by atoms with Crippen LogP contribution in [0.5, 0.6) is 0 Å². The van der Waals surface area contributed by atoms with Gasteiger partial charge in [0.15, 0.2) is 0 Å². The van der Waals surface area contributed by atoms with Gasteiger partial charge in [0.1, 0.15) is 0 Å². The molecule has 3 heteroatoms. The predicted molar refractivity (Wildman–Crippen MR) is 57.9 cm³/mol. The summed E-state index contributed by atoms with van der Waals surface area (Å²) < 4.78 is 0. The zero-order valence-electron chi connectivity index (χ0n) is 7.94. The first-order valence-electron chi connectivity index (χ1n) is 4.56. The fourth-order valence-electron chi connectivity index (χ4n) is 1.07. The van der Waals surface area contributed by atoms with E-state index in [9.17, 15) is 0 Å². The zero-order valence-corrected chi connectivity index (χ0v) is 8.76. The van der Waals surface area contributed by atoms with Gasteiger partial charge >= 0.3 is 0 Å². The topological polar surface area (TPSA) is 44.0 Å². The van der Waals surface area contributed by atoms with Crippen LogP contribution < -0.4 is 0 Å². The van der Waals surface area contributed by atoms with Gasteiger partial charge in [-0.25, -0.2) is 0 Å². The van der Waals surface area contributed by atoms with Gasteiger partial charge in [-0.05, 0) is 29.9 Å². The van der Waals surface area contributed by atoms with E-state index in [0.717, 1.165) is 22.6 Å². The van der Waals surface area contributed by atoms with Crippen LogP contribution in [0.3, 0.4) is 0 Å². The van der Waals surface area contributed by atoms with Crippen molar-refractivity contribution in [2.75, 3.05) is 5.75 Å². The van der Waals surface area contributed by atoms with Crippen LogP contribution >= 0.6 is 11.8 Å². The monoisotopic (exact) mass is 207 g/mol. The second-order valence-electron chi connectivity index (χ2n) is 2.92. The summed E-state index contributed by atoms with van der Waals surface area (Å²) in [4.78, 5) is 1.16. The first kappa shape index (κ1) is 11.1. The third-order valence-electron chi connectivity index (χ3n) is 1.78. The van der Waals surface area contributed by atoms with E-state index in [0.29, 0.717) is 6.42 Å². The van der Waals surface area contributed by atoms with Crippen molar-refractivity contribution in [2.45, 2.75) is 24.3 Å². The van der Waals surface area contributed by atoms with Gasteiger partial charge in [-0.3, -0.25) is 0 Å². The number of rotatable bonds is 5. The van der Waals surface area contributed by atoms with E-state index in [4.69, 9.17) is 10.4 Å². The van der Waals surface area contributed by atoms with E-state index < -0.39 is 0 Å². The van der Waals surface area contributed by atoms with Gasteiger partial charge < -0.3 is 5.11 Å². The minimum absolute atomic E-state index is 0.0899. The summed E-state index contributed by atoms with van der Waals surface area (Å²) in [6.45, 7) is 0.0899. The molecule has 0 saturated heterocycles. The van der Waals surface area contributed by atoms with Crippen molar-refractivity contribution in [1.82, 2.24) is 0 Å². The number of benzene rings is 1. The van der Waals surface area contributed by atoms with Crippen molar-refractivity contribution in [3.05, 3.63) is 29.8 Å². The quantitative estimate of drug-likeness (QED) is 0.596.